The van der Waals surface area contributed by atoms with E-state index in [0.717, 1.165) is 51.7 Å². The van der Waals surface area contributed by atoms with Crippen LogP contribution in [0.15, 0.2) is 0 Å². The zero-order valence-electron chi connectivity index (χ0n) is 14.6. The summed E-state index contributed by atoms with van der Waals surface area (Å²) >= 11 is 0. The summed E-state index contributed by atoms with van der Waals surface area (Å²) in [5, 5.41) is 6.71. The van der Waals surface area contributed by atoms with E-state index in [1.165, 1.54) is 6.42 Å². The first-order valence-corrected chi connectivity index (χ1v) is 9.95. The van der Waals surface area contributed by atoms with E-state index in [4.69, 9.17) is 13.3 Å². The molecule has 0 heterocycles. The van der Waals surface area contributed by atoms with Crippen LogP contribution in [-0.2, 0) is 13.3 Å². The van der Waals surface area contributed by atoms with Crippen LogP contribution in [0.5, 0.6) is 0 Å². The van der Waals surface area contributed by atoms with Gasteiger partial charge < -0.3 is 28.8 Å². The van der Waals surface area contributed by atoms with Gasteiger partial charge in [-0.3, -0.25) is 0 Å². The molecule has 1 atom stereocenters. The Morgan fingerprint density at radius 1 is 0.905 bits per heavy atom. The second kappa shape index (κ2) is 13.6. The molecular formula is C14H36N3O3Si+. The first-order chi connectivity index (χ1) is 10.2. The fourth-order valence-corrected chi connectivity index (χ4v) is 4.08. The van der Waals surface area contributed by atoms with Crippen LogP contribution in [-0.4, -0.2) is 76.5 Å². The van der Waals surface area contributed by atoms with Crippen LogP contribution in [0.25, 0.3) is 0 Å². The number of likely N-dealkylation sites (N-methyl/N-ethyl adjacent to an activating group) is 1. The summed E-state index contributed by atoms with van der Waals surface area (Å²) in [4.78, 5) is 1.61. The van der Waals surface area contributed by atoms with Gasteiger partial charge >= 0.3 is 8.80 Å². The summed E-state index contributed by atoms with van der Waals surface area (Å²) in [5.74, 6) is 0. The van der Waals surface area contributed by atoms with E-state index in [1.54, 1.807) is 26.2 Å². The average Bonchev–Trinajstić information content (AvgIpc) is 2.53. The third-order valence-corrected chi connectivity index (χ3v) is 6.59. The highest BCUT2D eigenvalue weighted by atomic mass is 28.4. The van der Waals surface area contributed by atoms with E-state index in [2.05, 4.69) is 17.6 Å². The molecule has 7 heteroatoms. The molecule has 0 radical (unpaired) electrons. The number of hydrogen-bond acceptors (Lipinski definition) is 5. The molecule has 0 aliphatic rings. The lowest BCUT2D eigenvalue weighted by Crippen LogP contribution is -3.13. The van der Waals surface area contributed by atoms with Gasteiger partial charge in [0.1, 0.15) is 0 Å². The van der Waals surface area contributed by atoms with Crippen molar-refractivity contribution >= 4 is 8.80 Å². The maximum Gasteiger partial charge on any atom is 0.500 e. The maximum absolute atomic E-state index is 5.47. The van der Waals surface area contributed by atoms with Gasteiger partial charge in [0.15, 0.2) is 0 Å². The van der Waals surface area contributed by atoms with Crippen molar-refractivity contribution in [1.82, 2.24) is 10.6 Å². The Hall–Kier alpha value is -0.0231. The molecule has 3 N–H and O–H groups in total. The summed E-state index contributed by atoms with van der Waals surface area (Å²) in [6, 6.07) is 0.877. The molecule has 0 aliphatic heterocycles. The summed E-state index contributed by atoms with van der Waals surface area (Å²) in [5.41, 5.74) is 0. The molecule has 6 nitrogen and oxygen atoms in total. The van der Waals surface area contributed by atoms with Gasteiger partial charge in [-0.1, -0.05) is 6.92 Å². The van der Waals surface area contributed by atoms with E-state index in [0.29, 0.717) is 0 Å². The van der Waals surface area contributed by atoms with Crippen LogP contribution < -0.4 is 15.5 Å². The largest absolute Gasteiger partial charge is 0.500 e. The van der Waals surface area contributed by atoms with Gasteiger partial charge in [-0.15, -0.1) is 0 Å². The van der Waals surface area contributed by atoms with E-state index < -0.39 is 8.80 Å². The lowest BCUT2D eigenvalue weighted by Gasteiger charge is -2.25. The van der Waals surface area contributed by atoms with Gasteiger partial charge in [-0.25, -0.2) is 0 Å². The Bertz CT molecular complexity index is 223. The van der Waals surface area contributed by atoms with Crippen molar-refractivity contribution in [3.05, 3.63) is 0 Å². The molecule has 0 saturated carbocycles. The molecule has 0 fully saturated rings. The van der Waals surface area contributed by atoms with Crippen molar-refractivity contribution in [3.63, 3.8) is 0 Å². The minimum Gasteiger partial charge on any atom is -0.377 e. The smallest absolute Gasteiger partial charge is 0.377 e. The van der Waals surface area contributed by atoms with Gasteiger partial charge in [-0.05, 0) is 20.0 Å². The fourth-order valence-electron chi connectivity index (χ4n) is 2.35. The Morgan fingerprint density at radius 3 is 2.05 bits per heavy atom. The van der Waals surface area contributed by atoms with Crippen molar-refractivity contribution in [2.24, 2.45) is 0 Å². The van der Waals surface area contributed by atoms with Crippen molar-refractivity contribution in [2.75, 3.05) is 67.6 Å². The van der Waals surface area contributed by atoms with Crippen molar-refractivity contribution < 1.29 is 18.2 Å². The third-order valence-electron chi connectivity index (χ3n) is 3.76. The molecule has 0 spiro atoms. The molecule has 128 valence electrons. The number of rotatable bonds is 15. The van der Waals surface area contributed by atoms with Crippen molar-refractivity contribution in [2.45, 2.75) is 25.8 Å². The highest BCUT2D eigenvalue weighted by Crippen LogP contribution is 2.13. The molecule has 0 aromatic carbocycles. The third kappa shape index (κ3) is 9.57. The Kier molecular flexibility index (Phi) is 13.6. The van der Waals surface area contributed by atoms with Crippen LogP contribution in [0.2, 0.25) is 6.04 Å². The van der Waals surface area contributed by atoms with Crippen molar-refractivity contribution in [1.29, 1.82) is 0 Å². The number of quaternary nitrogens is 1. The van der Waals surface area contributed by atoms with Gasteiger partial charge in [0.2, 0.25) is 0 Å². The first kappa shape index (κ1) is 21.0. The van der Waals surface area contributed by atoms with Gasteiger partial charge in [0.05, 0.1) is 19.6 Å². The fraction of sp³-hybridized carbons (Fsp3) is 1.00. The van der Waals surface area contributed by atoms with E-state index in [1.807, 2.05) is 7.05 Å². The number of hydrogen-bond donors (Lipinski definition) is 3. The van der Waals surface area contributed by atoms with Gasteiger partial charge in [0, 0.05) is 46.9 Å². The second-order valence-electron chi connectivity index (χ2n) is 5.25. The molecule has 0 saturated heterocycles. The van der Waals surface area contributed by atoms with Crippen molar-refractivity contribution in [3.8, 4) is 0 Å². The van der Waals surface area contributed by atoms with E-state index in [9.17, 15) is 0 Å². The second-order valence-corrected chi connectivity index (χ2v) is 8.34. The lowest BCUT2D eigenvalue weighted by molar-refractivity contribution is -0.897. The molecule has 0 aromatic rings. The zero-order chi connectivity index (χ0) is 16.0. The monoisotopic (exact) mass is 322 g/mol. The molecule has 0 bridgehead atoms. The summed E-state index contributed by atoms with van der Waals surface area (Å²) < 4.78 is 16.4. The zero-order valence-corrected chi connectivity index (χ0v) is 15.6. The summed E-state index contributed by atoms with van der Waals surface area (Å²) in [6.07, 6.45) is 2.25. The topological polar surface area (TPSA) is 56.2 Å². The molecule has 0 amide bonds. The highest BCUT2D eigenvalue weighted by Gasteiger charge is 2.37. The minimum absolute atomic E-state index is 0.877. The highest BCUT2D eigenvalue weighted by molar-refractivity contribution is 6.60. The van der Waals surface area contributed by atoms with Crippen LogP contribution in [0.4, 0.5) is 0 Å². The quantitative estimate of drug-likeness (QED) is 0.277. The average molecular weight is 323 g/mol. The molecule has 0 rings (SSSR count). The van der Waals surface area contributed by atoms with Crippen LogP contribution in [0.1, 0.15) is 19.8 Å². The molecular weight excluding hydrogens is 286 g/mol. The van der Waals surface area contributed by atoms with Crippen LogP contribution in [0.3, 0.4) is 0 Å². The normalized spacial score (nSPS) is 13.6. The summed E-state index contributed by atoms with van der Waals surface area (Å²) in [6.45, 7) is 8.85. The van der Waals surface area contributed by atoms with Crippen LogP contribution >= 0.6 is 0 Å². The minimum atomic E-state index is -2.40. The van der Waals surface area contributed by atoms with Gasteiger partial charge in [0.25, 0.3) is 0 Å². The Morgan fingerprint density at radius 2 is 1.52 bits per heavy atom. The summed E-state index contributed by atoms with van der Waals surface area (Å²) in [7, 11) is 4.64. The van der Waals surface area contributed by atoms with Gasteiger partial charge in [-0.2, -0.15) is 0 Å². The van der Waals surface area contributed by atoms with Crippen LogP contribution in [0, 0.1) is 0 Å². The predicted octanol–water partition coefficient (Wildman–Crippen LogP) is -0.641. The molecule has 1 unspecified atom stereocenters. The molecule has 21 heavy (non-hydrogen) atoms. The Labute approximate surface area is 131 Å². The SMILES string of the molecule is CCCNCC[NH+](CCC[Si](OC)(OC)OC)CCNC. The molecule has 0 aromatic heterocycles. The van der Waals surface area contributed by atoms with E-state index in [-0.39, 0.29) is 0 Å². The van der Waals surface area contributed by atoms with E-state index >= 15 is 0 Å². The maximum atomic E-state index is 5.47. The standard InChI is InChI=1S/C14H35N3O3Si/c1-6-8-16-10-13-17(12-9-15-2)11-7-14-21(18-3,19-4)20-5/h15-16H,6-14H2,1-5H3/p+1. The Balaban J connectivity index is 4.08. The first-order valence-electron chi connectivity index (χ1n) is 8.02. The molecule has 0 aliphatic carbocycles. The predicted molar refractivity (Wildman–Crippen MR) is 88.9 cm³/mol. The lowest BCUT2D eigenvalue weighted by atomic mass is 10.3. The number of nitrogens with one attached hydrogen (secondary N) is 3.